The molecule has 1 N–H and O–H groups in total. The fraction of sp³-hybridized carbons (Fsp3) is 0.192. The highest BCUT2D eigenvalue weighted by atomic mass is 19.1. The van der Waals surface area contributed by atoms with E-state index in [1.165, 1.54) is 19.3 Å². The topological polar surface area (TPSA) is 79.7 Å². The van der Waals surface area contributed by atoms with Gasteiger partial charge in [-0.1, -0.05) is 18.2 Å². The Bertz CT molecular complexity index is 1220. The van der Waals surface area contributed by atoms with Crippen molar-refractivity contribution in [2.75, 3.05) is 13.7 Å². The second-order valence-electron chi connectivity index (χ2n) is 7.79. The van der Waals surface area contributed by atoms with Crippen LogP contribution < -0.4 is 4.74 Å². The molecule has 2 aromatic carbocycles. The van der Waals surface area contributed by atoms with E-state index in [4.69, 9.17) is 4.74 Å². The number of carbonyl (C=O) groups excluding carboxylic acids is 1. The summed E-state index contributed by atoms with van der Waals surface area (Å²) < 4.78 is 20.2. The maximum absolute atomic E-state index is 14.7. The van der Waals surface area contributed by atoms with E-state index in [0.717, 1.165) is 11.1 Å². The molecular weight excluding hydrogens is 423 g/mol. The molecule has 2 heterocycles. The molecule has 0 saturated carbocycles. The van der Waals surface area contributed by atoms with Crippen molar-refractivity contribution >= 4 is 18.0 Å². The lowest BCUT2D eigenvalue weighted by Crippen LogP contribution is -2.35. The van der Waals surface area contributed by atoms with Crippen molar-refractivity contribution < 1.29 is 23.8 Å². The number of amides is 1. The SMILES string of the molecule is COc1ccc(CC(=O)O)cc1-c1ccc(F)c2c1CN(C(=O)C=Cc1cccnc1)CC2. The molecule has 0 fully saturated rings. The number of carbonyl (C=O) groups is 2. The van der Waals surface area contributed by atoms with Gasteiger partial charge in [0, 0.05) is 37.1 Å². The summed E-state index contributed by atoms with van der Waals surface area (Å²) in [5.74, 6) is -0.874. The maximum atomic E-state index is 14.7. The Hall–Kier alpha value is -4.00. The first-order valence-electron chi connectivity index (χ1n) is 10.5. The van der Waals surface area contributed by atoms with Crippen LogP contribution in [0.15, 0.2) is 60.9 Å². The van der Waals surface area contributed by atoms with Crippen LogP contribution in [0.5, 0.6) is 5.75 Å². The summed E-state index contributed by atoms with van der Waals surface area (Å²) in [5, 5.41) is 9.18. The number of rotatable bonds is 6. The molecule has 0 aliphatic carbocycles. The summed E-state index contributed by atoms with van der Waals surface area (Å²) in [5.41, 5.74) is 4.10. The van der Waals surface area contributed by atoms with Gasteiger partial charge in [-0.05, 0) is 64.6 Å². The van der Waals surface area contributed by atoms with E-state index in [0.29, 0.717) is 41.0 Å². The zero-order valence-corrected chi connectivity index (χ0v) is 18.1. The van der Waals surface area contributed by atoms with Crippen LogP contribution in [0, 0.1) is 5.82 Å². The van der Waals surface area contributed by atoms with Gasteiger partial charge in [-0.15, -0.1) is 0 Å². The Morgan fingerprint density at radius 2 is 2.03 bits per heavy atom. The van der Waals surface area contributed by atoms with Crippen molar-refractivity contribution in [3.63, 3.8) is 0 Å². The Kier molecular flexibility index (Phi) is 6.49. The largest absolute Gasteiger partial charge is 0.496 e. The average molecular weight is 446 g/mol. The Morgan fingerprint density at radius 3 is 2.76 bits per heavy atom. The van der Waals surface area contributed by atoms with Gasteiger partial charge in [-0.2, -0.15) is 0 Å². The van der Waals surface area contributed by atoms with Crippen LogP contribution in [0.4, 0.5) is 4.39 Å². The third-order valence-corrected chi connectivity index (χ3v) is 5.68. The third-order valence-electron chi connectivity index (χ3n) is 5.68. The molecule has 0 unspecified atom stereocenters. The lowest BCUT2D eigenvalue weighted by Gasteiger charge is -2.30. The molecule has 3 aromatic rings. The summed E-state index contributed by atoms with van der Waals surface area (Å²) in [4.78, 5) is 29.7. The van der Waals surface area contributed by atoms with Gasteiger partial charge in [-0.25, -0.2) is 4.39 Å². The number of fused-ring (bicyclic) bond motifs is 1. The Balaban J connectivity index is 1.69. The van der Waals surface area contributed by atoms with E-state index >= 15 is 0 Å². The molecule has 168 valence electrons. The van der Waals surface area contributed by atoms with E-state index in [9.17, 15) is 19.1 Å². The van der Waals surface area contributed by atoms with Crippen molar-refractivity contribution in [2.24, 2.45) is 0 Å². The highest BCUT2D eigenvalue weighted by Gasteiger charge is 2.26. The molecule has 6 nitrogen and oxygen atoms in total. The molecule has 0 saturated heterocycles. The number of aromatic nitrogens is 1. The van der Waals surface area contributed by atoms with Gasteiger partial charge in [0.05, 0.1) is 13.5 Å². The zero-order valence-electron chi connectivity index (χ0n) is 18.1. The van der Waals surface area contributed by atoms with E-state index in [2.05, 4.69) is 4.98 Å². The van der Waals surface area contributed by atoms with Gasteiger partial charge in [0.15, 0.2) is 0 Å². The van der Waals surface area contributed by atoms with Crippen LogP contribution in [-0.2, 0) is 29.0 Å². The Morgan fingerprint density at radius 1 is 1.18 bits per heavy atom. The van der Waals surface area contributed by atoms with E-state index < -0.39 is 5.97 Å². The normalized spacial score (nSPS) is 13.1. The van der Waals surface area contributed by atoms with Crippen LogP contribution >= 0.6 is 0 Å². The quantitative estimate of drug-likeness (QED) is 0.576. The first-order valence-corrected chi connectivity index (χ1v) is 10.5. The average Bonchev–Trinajstić information content (AvgIpc) is 2.83. The summed E-state index contributed by atoms with van der Waals surface area (Å²) in [6, 6.07) is 11.9. The highest BCUT2D eigenvalue weighted by molar-refractivity contribution is 5.92. The van der Waals surface area contributed by atoms with Gasteiger partial charge in [0.2, 0.25) is 5.91 Å². The van der Waals surface area contributed by atoms with E-state index in [1.807, 2.05) is 6.07 Å². The molecule has 4 rings (SSSR count). The van der Waals surface area contributed by atoms with Gasteiger partial charge in [0.25, 0.3) is 0 Å². The fourth-order valence-corrected chi connectivity index (χ4v) is 4.07. The van der Waals surface area contributed by atoms with Crippen molar-refractivity contribution in [2.45, 2.75) is 19.4 Å². The summed E-state index contributed by atoms with van der Waals surface area (Å²) >= 11 is 0. The predicted molar refractivity (Wildman–Crippen MR) is 122 cm³/mol. The zero-order chi connectivity index (χ0) is 23.4. The van der Waals surface area contributed by atoms with Crippen molar-refractivity contribution in [1.82, 2.24) is 9.88 Å². The molecule has 1 aromatic heterocycles. The maximum Gasteiger partial charge on any atom is 0.307 e. The summed E-state index contributed by atoms with van der Waals surface area (Å²) in [6.07, 6.45) is 6.78. The van der Waals surface area contributed by atoms with Crippen molar-refractivity contribution in [1.29, 1.82) is 0 Å². The van der Waals surface area contributed by atoms with Gasteiger partial charge < -0.3 is 14.7 Å². The van der Waals surface area contributed by atoms with Gasteiger partial charge >= 0.3 is 5.97 Å². The van der Waals surface area contributed by atoms with Crippen LogP contribution in [0.25, 0.3) is 17.2 Å². The number of ether oxygens (including phenoxy) is 1. The second kappa shape index (κ2) is 9.65. The number of methoxy groups -OCH3 is 1. The van der Waals surface area contributed by atoms with Gasteiger partial charge in [-0.3, -0.25) is 14.6 Å². The smallest absolute Gasteiger partial charge is 0.307 e. The van der Waals surface area contributed by atoms with E-state index in [-0.39, 0.29) is 24.7 Å². The summed E-state index contributed by atoms with van der Waals surface area (Å²) in [7, 11) is 1.53. The van der Waals surface area contributed by atoms with Crippen LogP contribution in [0.3, 0.4) is 0 Å². The molecule has 0 bridgehead atoms. The van der Waals surface area contributed by atoms with Crippen LogP contribution in [0.2, 0.25) is 0 Å². The number of benzene rings is 2. The molecule has 0 spiro atoms. The standard InChI is InChI=1S/C26H23FN2O4/c1-33-24-8-4-18(14-26(31)32)13-21(24)19-6-7-23(27)20-10-12-29(16-22(19)20)25(30)9-5-17-3-2-11-28-15-17/h2-9,11,13,15H,10,12,14,16H2,1H3,(H,31,32). The minimum Gasteiger partial charge on any atom is -0.496 e. The highest BCUT2D eigenvalue weighted by Crippen LogP contribution is 2.37. The molecule has 33 heavy (non-hydrogen) atoms. The van der Waals surface area contributed by atoms with Crippen LogP contribution in [0.1, 0.15) is 22.3 Å². The number of pyridine rings is 1. The van der Waals surface area contributed by atoms with E-state index in [1.54, 1.807) is 53.7 Å². The molecular formula is C26H23FN2O4. The first kappa shape index (κ1) is 22.2. The molecule has 7 heteroatoms. The van der Waals surface area contributed by atoms with Gasteiger partial charge in [0.1, 0.15) is 11.6 Å². The predicted octanol–water partition coefficient (Wildman–Crippen LogP) is 4.12. The third kappa shape index (κ3) is 4.92. The molecule has 0 atom stereocenters. The number of halogens is 1. The fourth-order valence-electron chi connectivity index (χ4n) is 4.07. The monoisotopic (exact) mass is 446 g/mol. The molecule has 1 amide bonds. The summed E-state index contributed by atoms with van der Waals surface area (Å²) in [6.45, 7) is 0.644. The number of carboxylic acid groups (broad SMARTS) is 1. The number of hydrogen-bond donors (Lipinski definition) is 1. The molecule has 1 aliphatic heterocycles. The lowest BCUT2D eigenvalue weighted by molar-refractivity contribution is -0.136. The minimum absolute atomic E-state index is 0.135. The number of hydrogen-bond acceptors (Lipinski definition) is 4. The second-order valence-corrected chi connectivity index (χ2v) is 7.79. The minimum atomic E-state index is -0.940. The lowest BCUT2D eigenvalue weighted by atomic mass is 9.89. The molecule has 0 radical (unpaired) electrons. The first-order chi connectivity index (χ1) is 16.0. The molecule has 1 aliphatic rings. The number of aliphatic carboxylic acids is 1. The number of carboxylic acids is 1. The Labute approximate surface area is 191 Å². The van der Waals surface area contributed by atoms with Crippen LogP contribution in [-0.4, -0.2) is 40.5 Å². The van der Waals surface area contributed by atoms with Crippen molar-refractivity contribution in [3.8, 4) is 16.9 Å². The van der Waals surface area contributed by atoms with Crippen molar-refractivity contribution in [3.05, 3.63) is 89.0 Å². The number of nitrogens with zero attached hydrogens (tertiary/aromatic N) is 2.